The van der Waals surface area contributed by atoms with Crippen LogP contribution in [0.25, 0.3) is 0 Å². The molecule has 2 rings (SSSR count). The second kappa shape index (κ2) is 8.40. The zero-order chi connectivity index (χ0) is 20.3. The van der Waals surface area contributed by atoms with Gasteiger partial charge in [0.05, 0.1) is 23.2 Å². The maximum Gasteiger partial charge on any atom is 0.341 e. The predicted molar refractivity (Wildman–Crippen MR) is 105 cm³/mol. The summed E-state index contributed by atoms with van der Waals surface area (Å²) in [7, 11) is 4.41. The third kappa shape index (κ3) is 4.58. The minimum Gasteiger partial charge on any atom is -0.465 e. The Hall–Kier alpha value is -2.59. The number of nitrogens with zero attached hydrogens (tertiary/aromatic N) is 1. The van der Waals surface area contributed by atoms with Crippen LogP contribution < -0.4 is 10.6 Å². The van der Waals surface area contributed by atoms with E-state index in [0.717, 1.165) is 17.4 Å². The average Bonchev–Trinajstić information content (AvgIpc) is 2.91. The number of rotatable bonds is 4. The van der Waals surface area contributed by atoms with Gasteiger partial charge in [-0.3, -0.25) is 4.79 Å². The number of amides is 1. The van der Waals surface area contributed by atoms with E-state index in [1.807, 2.05) is 0 Å². The van der Waals surface area contributed by atoms with E-state index in [4.69, 9.17) is 17.0 Å². The number of anilines is 2. The van der Waals surface area contributed by atoms with Gasteiger partial charge < -0.3 is 20.3 Å². The van der Waals surface area contributed by atoms with Crippen molar-refractivity contribution in [3.63, 3.8) is 0 Å². The van der Waals surface area contributed by atoms with Crippen molar-refractivity contribution in [2.24, 2.45) is 0 Å². The number of nitrogens with one attached hydrogen (secondary N) is 2. The molecule has 1 amide bonds. The normalized spacial score (nSPS) is 10.3. The molecule has 1 aromatic heterocycles. The molecule has 1 aromatic carbocycles. The SMILES string of the molecule is COC(=O)c1c(NC(=S)Nc2ccc(F)cc2F)sc(C(=O)N(C)C)c1C. The van der Waals surface area contributed by atoms with Crippen molar-refractivity contribution in [3.8, 4) is 0 Å². The summed E-state index contributed by atoms with van der Waals surface area (Å²) in [5.41, 5.74) is 0.576. The fourth-order valence-electron chi connectivity index (χ4n) is 2.20. The van der Waals surface area contributed by atoms with Gasteiger partial charge in [0.15, 0.2) is 5.11 Å². The van der Waals surface area contributed by atoms with Gasteiger partial charge in [-0.15, -0.1) is 11.3 Å². The highest BCUT2D eigenvalue weighted by atomic mass is 32.1. The Morgan fingerprint density at radius 2 is 1.89 bits per heavy atom. The van der Waals surface area contributed by atoms with Crippen LogP contribution in [0.3, 0.4) is 0 Å². The molecule has 6 nitrogen and oxygen atoms in total. The summed E-state index contributed by atoms with van der Waals surface area (Å²) in [5, 5.41) is 5.62. The smallest absolute Gasteiger partial charge is 0.341 e. The standard InChI is InChI=1S/C17H17F2N3O3S2/c1-8-12(16(24)25-4)14(27-13(8)15(23)22(2)3)21-17(26)20-11-6-5-9(18)7-10(11)19/h5-7H,1-4H3,(H2,20,21,26). The van der Waals surface area contributed by atoms with E-state index in [2.05, 4.69) is 10.6 Å². The Labute approximate surface area is 164 Å². The molecule has 0 aliphatic heterocycles. The van der Waals surface area contributed by atoms with E-state index in [1.165, 1.54) is 18.1 Å². The van der Waals surface area contributed by atoms with Crippen molar-refractivity contribution in [2.75, 3.05) is 31.8 Å². The molecule has 0 spiro atoms. The van der Waals surface area contributed by atoms with Crippen molar-refractivity contribution >= 4 is 51.2 Å². The lowest BCUT2D eigenvalue weighted by molar-refractivity contribution is 0.0601. The van der Waals surface area contributed by atoms with Gasteiger partial charge in [-0.1, -0.05) is 0 Å². The van der Waals surface area contributed by atoms with Crippen molar-refractivity contribution in [3.05, 3.63) is 45.8 Å². The van der Waals surface area contributed by atoms with E-state index >= 15 is 0 Å². The largest absolute Gasteiger partial charge is 0.465 e. The van der Waals surface area contributed by atoms with Gasteiger partial charge in [0, 0.05) is 20.2 Å². The summed E-state index contributed by atoms with van der Waals surface area (Å²) in [5.74, 6) is -2.46. The molecule has 2 N–H and O–H groups in total. The summed E-state index contributed by atoms with van der Waals surface area (Å²) >= 11 is 6.17. The lowest BCUT2D eigenvalue weighted by atomic mass is 10.1. The third-order valence-electron chi connectivity index (χ3n) is 3.54. The Balaban J connectivity index is 2.33. The minimum absolute atomic E-state index is 0.0317. The van der Waals surface area contributed by atoms with E-state index in [9.17, 15) is 18.4 Å². The van der Waals surface area contributed by atoms with E-state index in [-0.39, 0.29) is 27.3 Å². The average molecular weight is 413 g/mol. The predicted octanol–water partition coefficient (Wildman–Crippen LogP) is 3.63. The quantitative estimate of drug-likeness (QED) is 0.589. The van der Waals surface area contributed by atoms with Crippen LogP contribution in [0.5, 0.6) is 0 Å². The molecule has 0 atom stereocenters. The molecule has 0 saturated carbocycles. The molecule has 0 fully saturated rings. The molecule has 144 valence electrons. The van der Waals surface area contributed by atoms with E-state index in [1.54, 1.807) is 21.0 Å². The number of thiocarbonyl (C=S) groups is 1. The van der Waals surface area contributed by atoms with Gasteiger partial charge in [-0.05, 0) is 36.8 Å². The molecule has 0 unspecified atom stereocenters. The molecule has 0 saturated heterocycles. The van der Waals surface area contributed by atoms with E-state index in [0.29, 0.717) is 16.5 Å². The first-order valence-electron chi connectivity index (χ1n) is 7.62. The number of halogens is 2. The van der Waals surface area contributed by atoms with Crippen LogP contribution in [0.15, 0.2) is 18.2 Å². The summed E-state index contributed by atoms with van der Waals surface area (Å²) in [4.78, 5) is 26.2. The highest BCUT2D eigenvalue weighted by Gasteiger charge is 2.26. The molecule has 10 heteroatoms. The molecule has 0 aliphatic carbocycles. The summed E-state index contributed by atoms with van der Waals surface area (Å²) < 4.78 is 31.5. The Bertz CT molecular complexity index is 913. The second-order valence-electron chi connectivity index (χ2n) is 5.65. The first-order chi connectivity index (χ1) is 12.6. The van der Waals surface area contributed by atoms with Crippen LogP contribution >= 0.6 is 23.6 Å². The van der Waals surface area contributed by atoms with Crippen LogP contribution in [0.1, 0.15) is 25.6 Å². The molecular formula is C17H17F2N3O3S2. The highest BCUT2D eigenvalue weighted by Crippen LogP contribution is 2.34. The van der Waals surface area contributed by atoms with Crippen LogP contribution in [-0.2, 0) is 4.74 Å². The van der Waals surface area contributed by atoms with Gasteiger partial charge in [0.2, 0.25) is 0 Å². The summed E-state index contributed by atoms with van der Waals surface area (Å²) in [6.07, 6.45) is 0. The molecule has 27 heavy (non-hydrogen) atoms. The lowest BCUT2D eigenvalue weighted by Crippen LogP contribution is -2.21. The number of benzene rings is 1. The number of thiophene rings is 1. The molecule has 2 aromatic rings. The number of esters is 1. The highest BCUT2D eigenvalue weighted by molar-refractivity contribution is 7.80. The Kier molecular flexibility index (Phi) is 6.45. The number of hydrogen-bond donors (Lipinski definition) is 2. The van der Waals surface area contributed by atoms with Gasteiger partial charge >= 0.3 is 5.97 Å². The van der Waals surface area contributed by atoms with E-state index < -0.39 is 17.6 Å². The zero-order valence-corrected chi connectivity index (χ0v) is 16.6. The molecule has 0 aliphatic rings. The molecular weight excluding hydrogens is 396 g/mol. The molecule has 0 radical (unpaired) electrons. The van der Waals surface area contributed by atoms with Crippen LogP contribution in [-0.4, -0.2) is 43.1 Å². The number of ether oxygens (including phenoxy) is 1. The van der Waals surface area contributed by atoms with Gasteiger partial charge in [-0.25, -0.2) is 13.6 Å². The van der Waals surface area contributed by atoms with Crippen molar-refractivity contribution < 1.29 is 23.1 Å². The summed E-state index contributed by atoms with van der Waals surface area (Å²) in [6.45, 7) is 1.63. The van der Waals surface area contributed by atoms with Crippen LogP contribution in [0.2, 0.25) is 0 Å². The summed E-state index contributed by atoms with van der Waals surface area (Å²) in [6, 6.07) is 2.99. The maximum absolute atomic E-state index is 13.8. The monoisotopic (exact) mass is 413 g/mol. The zero-order valence-electron chi connectivity index (χ0n) is 15.0. The number of carbonyl (C=O) groups is 2. The number of carbonyl (C=O) groups excluding carboxylic acids is 2. The first-order valence-corrected chi connectivity index (χ1v) is 8.84. The van der Waals surface area contributed by atoms with Crippen molar-refractivity contribution in [1.29, 1.82) is 0 Å². The van der Waals surface area contributed by atoms with Crippen LogP contribution in [0, 0.1) is 18.6 Å². The van der Waals surface area contributed by atoms with Crippen molar-refractivity contribution in [2.45, 2.75) is 6.92 Å². The number of hydrogen-bond acceptors (Lipinski definition) is 5. The fraction of sp³-hybridized carbons (Fsp3) is 0.235. The van der Waals surface area contributed by atoms with Crippen molar-refractivity contribution in [1.82, 2.24) is 4.90 Å². The van der Waals surface area contributed by atoms with Gasteiger partial charge in [0.1, 0.15) is 16.6 Å². The fourth-order valence-corrected chi connectivity index (χ4v) is 3.70. The Morgan fingerprint density at radius 1 is 1.22 bits per heavy atom. The maximum atomic E-state index is 13.8. The molecule has 1 heterocycles. The van der Waals surface area contributed by atoms with Crippen LogP contribution in [0.4, 0.5) is 19.5 Å². The topological polar surface area (TPSA) is 70.7 Å². The third-order valence-corrected chi connectivity index (χ3v) is 4.94. The molecule has 0 bridgehead atoms. The van der Waals surface area contributed by atoms with Gasteiger partial charge in [0.25, 0.3) is 5.91 Å². The Morgan fingerprint density at radius 3 is 2.44 bits per heavy atom. The minimum atomic E-state index is -0.821. The first kappa shape index (κ1) is 20.7. The second-order valence-corrected chi connectivity index (χ2v) is 7.08. The lowest BCUT2D eigenvalue weighted by Gasteiger charge is -2.11. The van der Waals surface area contributed by atoms with Gasteiger partial charge in [-0.2, -0.15) is 0 Å². The number of methoxy groups -OCH3 is 1.